The lowest BCUT2D eigenvalue weighted by Crippen LogP contribution is -2.48. The van der Waals surface area contributed by atoms with Crippen molar-refractivity contribution in [1.29, 1.82) is 0 Å². The lowest BCUT2D eigenvalue weighted by molar-refractivity contribution is -0.134. The van der Waals surface area contributed by atoms with Crippen molar-refractivity contribution in [2.24, 2.45) is 11.3 Å². The Balaban J connectivity index is 0.000000664. The highest BCUT2D eigenvalue weighted by atomic mass is 16.5. The molecule has 3 rings (SSSR count). The van der Waals surface area contributed by atoms with Gasteiger partial charge in [-0.2, -0.15) is 0 Å². The first-order valence-electron chi connectivity index (χ1n) is 10.7. The SMILES string of the molecule is C.COC(C)(C)C(C)(C)C.Cc1ccc(CN2CCN(C(=O)C3CC3)CC2)cc1.O. The smallest absolute Gasteiger partial charge is 0.225 e. The number of amides is 1. The molecule has 5 nitrogen and oxygen atoms in total. The zero-order valence-electron chi connectivity index (χ0n) is 19.5. The van der Waals surface area contributed by atoms with Crippen molar-refractivity contribution in [3.05, 3.63) is 35.4 Å². The molecule has 2 aliphatic rings. The molecule has 0 bridgehead atoms. The van der Waals surface area contributed by atoms with Crippen LogP contribution in [0.1, 0.15) is 66.0 Å². The van der Waals surface area contributed by atoms with Gasteiger partial charge in [-0.1, -0.05) is 58.0 Å². The van der Waals surface area contributed by atoms with E-state index in [4.69, 9.17) is 4.74 Å². The summed E-state index contributed by atoms with van der Waals surface area (Å²) in [5, 5.41) is 0. The van der Waals surface area contributed by atoms with Crippen LogP contribution < -0.4 is 0 Å². The van der Waals surface area contributed by atoms with Crippen LogP contribution in [0.3, 0.4) is 0 Å². The lowest BCUT2D eigenvalue weighted by atomic mass is 9.79. The van der Waals surface area contributed by atoms with E-state index >= 15 is 0 Å². The highest BCUT2D eigenvalue weighted by Crippen LogP contribution is 2.32. The number of hydrogen-bond donors (Lipinski definition) is 0. The maximum atomic E-state index is 12.0. The average molecular weight is 423 g/mol. The van der Waals surface area contributed by atoms with Crippen LogP contribution in [0.4, 0.5) is 0 Å². The largest absolute Gasteiger partial charge is 0.412 e. The Hall–Kier alpha value is -1.43. The van der Waals surface area contributed by atoms with E-state index in [9.17, 15) is 4.79 Å². The summed E-state index contributed by atoms with van der Waals surface area (Å²) in [6, 6.07) is 8.75. The Kier molecular flexibility index (Phi) is 11.3. The molecule has 0 aromatic heterocycles. The van der Waals surface area contributed by atoms with E-state index in [1.165, 1.54) is 11.1 Å². The fourth-order valence-corrected chi connectivity index (χ4v) is 2.97. The Morgan fingerprint density at radius 1 is 1.00 bits per heavy atom. The van der Waals surface area contributed by atoms with E-state index in [1.54, 1.807) is 7.11 Å². The second-order valence-electron chi connectivity index (χ2n) is 9.83. The van der Waals surface area contributed by atoms with Gasteiger partial charge in [-0.25, -0.2) is 0 Å². The number of methoxy groups -OCH3 is 1. The minimum Gasteiger partial charge on any atom is -0.412 e. The maximum Gasteiger partial charge on any atom is 0.225 e. The number of ether oxygens (including phenoxy) is 1. The lowest BCUT2D eigenvalue weighted by Gasteiger charge is -2.37. The molecule has 1 amide bonds. The van der Waals surface area contributed by atoms with Crippen LogP contribution >= 0.6 is 0 Å². The summed E-state index contributed by atoms with van der Waals surface area (Å²) in [7, 11) is 1.76. The fraction of sp³-hybridized carbons (Fsp3) is 0.720. The molecular weight excluding hydrogens is 376 g/mol. The summed E-state index contributed by atoms with van der Waals surface area (Å²) in [4.78, 5) is 16.5. The van der Waals surface area contributed by atoms with Gasteiger partial charge in [0.2, 0.25) is 5.91 Å². The second kappa shape index (κ2) is 11.8. The van der Waals surface area contributed by atoms with Crippen LogP contribution in [-0.2, 0) is 16.1 Å². The Morgan fingerprint density at radius 2 is 1.50 bits per heavy atom. The van der Waals surface area contributed by atoms with E-state index in [1.807, 2.05) is 0 Å². The molecule has 0 atom stereocenters. The van der Waals surface area contributed by atoms with Gasteiger partial charge in [0.25, 0.3) is 0 Å². The molecule has 1 aromatic rings. The third kappa shape index (κ3) is 8.37. The maximum absolute atomic E-state index is 12.0. The summed E-state index contributed by atoms with van der Waals surface area (Å²) >= 11 is 0. The zero-order valence-corrected chi connectivity index (χ0v) is 19.5. The van der Waals surface area contributed by atoms with Crippen LogP contribution in [0.5, 0.6) is 0 Å². The first kappa shape index (κ1) is 28.6. The van der Waals surface area contributed by atoms with Crippen molar-refractivity contribution in [2.45, 2.75) is 74.0 Å². The van der Waals surface area contributed by atoms with Gasteiger partial charge in [0.15, 0.2) is 0 Å². The molecule has 5 heteroatoms. The summed E-state index contributed by atoms with van der Waals surface area (Å²) < 4.78 is 5.30. The van der Waals surface area contributed by atoms with E-state index in [0.29, 0.717) is 11.8 Å². The van der Waals surface area contributed by atoms with E-state index < -0.39 is 0 Å². The standard InChI is InChI=1S/C16H22N2O.C8H18O.CH4.H2O/c1-13-2-4-14(5-3-13)12-17-8-10-18(11-9-17)16(19)15-6-7-15;1-7(2,3)8(4,5)9-6;;/h2-5,15H,6-12H2,1H3;1-6H3;1H4;1H2. The van der Waals surface area contributed by atoms with Gasteiger partial charge in [0.05, 0.1) is 5.60 Å². The molecule has 174 valence electrons. The highest BCUT2D eigenvalue weighted by molar-refractivity contribution is 5.81. The van der Waals surface area contributed by atoms with Crippen LogP contribution in [0.25, 0.3) is 0 Å². The van der Waals surface area contributed by atoms with Gasteiger partial charge < -0.3 is 15.1 Å². The van der Waals surface area contributed by atoms with Crippen molar-refractivity contribution < 1.29 is 15.0 Å². The molecule has 30 heavy (non-hydrogen) atoms. The highest BCUT2D eigenvalue weighted by Gasteiger charge is 2.34. The number of piperazine rings is 1. The number of benzene rings is 1. The fourth-order valence-electron chi connectivity index (χ4n) is 2.97. The molecule has 1 aliphatic carbocycles. The predicted molar refractivity (Wildman–Crippen MR) is 127 cm³/mol. The van der Waals surface area contributed by atoms with Gasteiger partial charge in [-0.05, 0) is 44.6 Å². The van der Waals surface area contributed by atoms with Crippen molar-refractivity contribution in [2.75, 3.05) is 33.3 Å². The summed E-state index contributed by atoms with van der Waals surface area (Å²) in [6.07, 6.45) is 2.23. The van der Waals surface area contributed by atoms with Crippen LogP contribution in [-0.4, -0.2) is 60.1 Å². The number of hydrogen-bond acceptors (Lipinski definition) is 3. The second-order valence-corrected chi connectivity index (χ2v) is 9.83. The normalized spacial score (nSPS) is 17.2. The van der Waals surface area contributed by atoms with E-state index in [0.717, 1.165) is 45.6 Å². The van der Waals surface area contributed by atoms with E-state index in [2.05, 4.69) is 75.6 Å². The molecule has 0 spiro atoms. The molecule has 2 N–H and O–H groups in total. The van der Waals surface area contributed by atoms with Crippen molar-refractivity contribution in [3.63, 3.8) is 0 Å². The quantitative estimate of drug-likeness (QED) is 0.726. The zero-order chi connectivity index (χ0) is 20.9. The minimum atomic E-state index is -0.0208. The number of carbonyl (C=O) groups excluding carboxylic acids is 1. The first-order chi connectivity index (χ1) is 13.0. The minimum absolute atomic E-state index is 0. The molecule has 0 unspecified atom stereocenters. The van der Waals surface area contributed by atoms with Crippen LogP contribution in [0.2, 0.25) is 0 Å². The number of aryl methyl sites for hydroxylation is 1. The first-order valence-corrected chi connectivity index (χ1v) is 10.7. The number of rotatable bonds is 4. The monoisotopic (exact) mass is 422 g/mol. The summed E-state index contributed by atoms with van der Waals surface area (Å²) in [6.45, 7) is 17.7. The van der Waals surface area contributed by atoms with Crippen molar-refractivity contribution in [1.82, 2.24) is 9.80 Å². The molecule has 1 heterocycles. The molecule has 1 saturated heterocycles. The summed E-state index contributed by atoms with van der Waals surface area (Å²) in [5.74, 6) is 0.763. The Labute approximate surface area is 185 Å². The Morgan fingerprint density at radius 3 is 1.87 bits per heavy atom. The van der Waals surface area contributed by atoms with Gasteiger partial charge in [-0.3, -0.25) is 9.69 Å². The van der Waals surface area contributed by atoms with Gasteiger partial charge in [0, 0.05) is 45.8 Å². The van der Waals surface area contributed by atoms with Gasteiger partial charge >= 0.3 is 0 Å². The average Bonchev–Trinajstić information content (AvgIpc) is 3.48. The topological polar surface area (TPSA) is 64.3 Å². The third-order valence-corrected chi connectivity index (χ3v) is 6.45. The predicted octanol–water partition coefficient (Wildman–Crippen LogP) is 4.32. The van der Waals surface area contributed by atoms with Gasteiger partial charge in [-0.15, -0.1) is 0 Å². The molecular formula is C25H46N2O3. The molecule has 1 aliphatic heterocycles. The van der Waals surface area contributed by atoms with Gasteiger partial charge in [0.1, 0.15) is 0 Å². The third-order valence-electron chi connectivity index (χ3n) is 6.45. The molecule has 1 aromatic carbocycles. The summed E-state index contributed by atoms with van der Waals surface area (Å²) in [5.41, 5.74) is 2.88. The number of carbonyl (C=O) groups is 1. The van der Waals surface area contributed by atoms with E-state index in [-0.39, 0.29) is 23.9 Å². The van der Waals surface area contributed by atoms with Crippen molar-refractivity contribution in [3.8, 4) is 0 Å². The van der Waals surface area contributed by atoms with Crippen LogP contribution in [0, 0.1) is 18.3 Å². The molecule has 2 fully saturated rings. The Bertz CT molecular complexity index is 623. The molecule has 0 radical (unpaired) electrons. The number of nitrogens with zero attached hydrogens (tertiary/aromatic N) is 2. The molecule has 1 saturated carbocycles. The van der Waals surface area contributed by atoms with Crippen molar-refractivity contribution >= 4 is 5.91 Å². The van der Waals surface area contributed by atoms with Crippen LogP contribution in [0.15, 0.2) is 24.3 Å².